The average Bonchev–Trinajstić information content (AvgIpc) is 2.61. The lowest BCUT2D eigenvalue weighted by atomic mass is 10.1. The summed E-state index contributed by atoms with van der Waals surface area (Å²) < 4.78 is 0. The van der Waals surface area contributed by atoms with E-state index >= 15 is 0 Å². The van der Waals surface area contributed by atoms with E-state index < -0.39 is 0 Å². The van der Waals surface area contributed by atoms with Gasteiger partial charge in [-0.25, -0.2) is 0 Å². The van der Waals surface area contributed by atoms with Crippen LogP contribution in [0, 0.1) is 0 Å². The van der Waals surface area contributed by atoms with Gasteiger partial charge in [0.2, 0.25) is 0 Å². The third-order valence-corrected chi connectivity index (χ3v) is 3.87. The maximum atomic E-state index is 3.59. The van der Waals surface area contributed by atoms with Crippen LogP contribution < -0.4 is 5.32 Å². The number of fused-ring (bicyclic) bond motifs is 1. The molecule has 74 valence electrons. The Hall–Kier alpha value is -0.860. The topological polar surface area (TPSA) is 15.0 Å². The Kier molecular flexibility index (Phi) is 1.56. The van der Waals surface area contributed by atoms with Gasteiger partial charge in [0, 0.05) is 18.6 Å². The van der Waals surface area contributed by atoms with Gasteiger partial charge in [0.05, 0.1) is 5.66 Å². The summed E-state index contributed by atoms with van der Waals surface area (Å²) in [5.41, 5.74) is 1.72. The van der Waals surface area contributed by atoms with E-state index in [1.165, 1.54) is 5.56 Å². The molecular weight excluding hydrogens is 172 g/mol. The summed E-state index contributed by atoms with van der Waals surface area (Å²) in [6, 6.07) is 12.0. The van der Waals surface area contributed by atoms with Crippen molar-refractivity contribution < 1.29 is 0 Å². The monoisotopic (exact) mass is 188 g/mol. The summed E-state index contributed by atoms with van der Waals surface area (Å²) in [5.74, 6) is 0. The highest BCUT2D eigenvalue weighted by Gasteiger charge is 2.63. The minimum atomic E-state index is 0.278. The molecule has 1 aromatic carbocycles. The summed E-state index contributed by atoms with van der Waals surface area (Å²) in [7, 11) is 0. The molecule has 2 aliphatic rings. The minimum absolute atomic E-state index is 0.278. The molecular formula is C12H16N2. The van der Waals surface area contributed by atoms with E-state index in [9.17, 15) is 0 Å². The van der Waals surface area contributed by atoms with Crippen LogP contribution in [-0.4, -0.2) is 23.1 Å². The Balaban J connectivity index is 1.90. The van der Waals surface area contributed by atoms with E-state index in [0.29, 0.717) is 12.1 Å². The van der Waals surface area contributed by atoms with Gasteiger partial charge in [-0.15, -0.1) is 0 Å². The molecule has 3 rings (SSSR count). The Labute approximate surface area is 84.9 Å². The van der Waals surface area contributed by atoms with E-state index in [1.54, 1.807) is 0 Å². The van der Waals surface area contributed by atoms with Crippen molar-refractivity contribution in [1.29, 1.82) is 0 Å². The van der Waals surface area contributed by atoms with Crippen LogP contribution in [0.15, 0.2) is 30.3 Å². The molecule has 2 heterocycles. The lowest BCUT2D eigenvalue weighted by Gasteiger charge is -2.14. The largest absolute Gasteiger partial charge is 0.296 e. The molecule has 2 nitrogen and oxygen atoms in total. The second-order valence-corrected chi connectivity index (χ2v) is 4.54. The van der Waals surface area contributed by atoms with Crippen LogP contribution in [0.25, 0.3) is 0 Å². The number of rotatable bonds is 1. The fraction of sp³-hybridized carbons (Fsp3) is 0.500. The Bertz CT molecular complexity index is 349. The number of hydrogen-bond donors (Lipinski definition) is 1. The fourth-order valence-corrected chi connectivity index (χ4v) is 2.77. The van der Waals surface area contributed by atoms with E-state index in [4.69, 9.17) is 0 Å². The van der Waals surface area contributed by atoms with Gasteiger partial charge in [0.25, 0.3) is 0 Å². The zero-order chi connectivity index (χ0) is 9.76. The van der Waals surface area contributed by atoms with Crippen molar-refractivity contribution in [3.8, 4) is 0 Å². The Morgan fingerprint density at radius 2 is 2.07 bits per heavy atom. The smallest absolute Gasteiger partial charge is 0.0851 e. The van der Waals surface area contributed by atoms with Crippen molar-refractivity contribution in [3.05, 3.63) is 35.9 Å². The van der Waals surface area contributed by atoms with Gasteiger partial charge in [-0.3, -0.25) is 10.2 Å². The molecule has 2 heteroatoms. The molecule has 0 bridgehead atoms. The third-order valence-electron chi connectivity index (χ3n) is 3.87. The van der Waals surface area contributed by atoms with Crippen molar-refractivity contribution in [3.63, 3.8) is 0 Å². The molecule has 0 spiro atoms. The molecule has 2 saturated heterocycles. The molecule has 0 amide bonds. The van der Waals surface area contributed by atoms with Crippen molar-refractivity contribution in [2.45, 2.75) is 31.6 Å². The summed E-state index contributed by atoms with van der Waals surface area (Å²) in [5, 5.41) is 3.59. The molecule has 0 radical (unpaired) electrons. The van der Waals surface area contributed by atoms with Crippen LogP contribution in [0.4, 0.5) is 0 Å². The standard InChI is InChI=1S/C12H16N2/c1-9-12(2)13-8-11(14(9)12)10-6-4-3-5-7-10/h3-7,9,11,13H,8H2,1-2H3. The van der Waals surface area contributed by atoms with Crippen molar-refractivity contribution in [2.24, 2.45) is 0 Å². The highest BCUT2D eigenvalue weighted by molar-refractivity contribution is 5.28. The maximum absolute atomic E-state index is 3.59. The van der Waals surface area contributed by atoms with Crippen molar-refractivity contribution >= 4 is 0 Å². The fourth-order valence-electron chi connectivity index (χ4n) is 2.77. The molecule has 4 unspecified atom stereocenters. The van der Waals surface area contributed by atoms with Crippen molar-refractivity contribution in [2.75, 3.05) is 6.54 Å². The van der Waals surface area contributed by atoms with Crippen LogP contribution in [0.5, 0.6) is 0 Å². The zero-order valence-electron chi connectivity index (χ0n) is 8.70. The SMILES string of the molecule is CC1N2C(c3ccccc3)CNC12C. The number of nitrogens with zero attached hydrogens (tertiary/aromatic N) is 1. The zero-order valence-corrected chi connectivity index (χ0v) is 8.70. The molecule has 1 aromatic rings. The lowest BCUT2D eigenvalue weighted by molar-refractivity contribution is 0.405. The van der Waals surface area contributed by atoms with Gasteiger partial charge in [-0.2, -0.15) is 0 Å². The first-order valence-corrected chi connectivity index (χ1v) is 5.32. The highest BCUT2D eigenvalue weighted by atomic mass is 15.6. The quantitative estimate of drug-likeness (QED) is 0.675. The summed E-state index contributed by atoms with van der Waals surface area (Å²) in [6.45, 7) is 5.67. The van der Waals surface area contributed by atoms with Crippen LogP contribution in [0.3, 0.4) is 0 Å². The van der Waals surface area contributed by atoms with Gasteiger partial charge in [-0.05, 0) is 19.4 Å². The molecule has 2 fully saturated rings. The van der Waals surface area contributed by atoms with Crippen LogP contribution in [0.1, 0.15) is 25.5 Å². The average molecular weight is 188 g/mol. The lowest BCUT2D eigenvalue weighted by Crippen LogP contribution is -2.29. The minimum Gasteiger partial charge on any atom is -0.296 e. The summed E-state index contributed by atoms with van der Waals surface area (Å²) in [6.07, 6.45) is 0. The van der Waals surface area contributed by atoms with Crippen LogP contribution in [0.2, 0.25) is 0 Å². The molecule has 1 N–H and O–H groups in total. The highest BCUT2D eigenvalue weighted by Crippen LogP contribution is 2.49. The normalized spacial score (nSPS) is 44.9. The van der Waals surface area contributed by atoms with Crippen LogP contribution in [-0.2, 0) is 0 Å². The molecule has 0 saturated carbocycles. The first-order valence-electron chi connectivity index (χ1n) is 5.32. The van der Waals surface area contributed by atoms with E-state index in [1.807, 2.05) is 0 Å². The van der Waals surface area contributed by atoms with Crippen LogP contribution >= 0.6 is 0 Å². The number of hydrogen-bond acceptors (Lipinski definition) is 2. The van der Waals surface area contributed by atoms with E-state index in [-0.39, 0.29) is 5.66 Å². The van der Waals surface area contributed by atoms with E-state index in [2.05, 4.69) is 54.4 Å². The van der Waals surface area contributed by atoms with Gasteiger partial charge < -0.3 is 0 Å². The predicted octanol–water partition coefficient (Wildman–Crippen LogP) is 1.75. The first-order chi connectivity index (χ1) is 6.73. The number of benzene rings is 1. The molecule has 14 heavy (non-hydrogen) atoms. The summed E-state index contributed by atoms with van der Waals surface area (Å²) >= 11 is 0. The maximum Gasteiger partial charge on any atom is 0.0851 e. The molecule has 0 aliphatic carbocycles. The van der Waals surface area contributed by atoms with Gasteiger partial charge in [0.15, 0.2) is 0 Å². The van der Waals surface area contributed by atoms with Crippen molar-refractivity contribution in [1.82, 2.24) is 10.2 Å². The summed E-state index contributed by atoms with van der Waals surface area (Å²) in [4.78, 5) is 2.56. The molecule has 2 aliphatic heterocycles. The predicted molar refractivity (Wildman–Crippen MR) is 56.9 cm³/mol. The van der Waals surface area contributed by atoms with Gasteiger partial charge >= 0.3 is 0 Å². The third kappa shape index (κ3) is 0.928. The first kappa shape index (κ1) is 8.45. The number of nitrogens with one attached hydrogen (secondary N) is 1. The second-order valence-electron chi connectivity index (χ2n) is 4.54. The Morgan fingerprint density at radius 1 is 1.36 bits per heavy atom. The molecule has 0 aromatic heterocycles. The molecule has 4 atom stereocenters. The van der Waals surface area contributed by atoms with E-state index in [0.717, 1.165) is 6.54 Å². The Morgan fingerprint density at radius 3 is 2.64 bits per heavy atom. The second kappa shape index (κ2) is 2.59. The number of piperazine rings is 1. The van der Waals surface area contributed by atoms with Gasteiger partial charge in [0.1, 0.15) is 0 Å². The van der Waals surface area contributed by atoms with Gasteiger partial charge in [-0.1, -0.05) is 30.3 Å².